The Bertz CT molecular complexity index is 465. The summed E-state index contributed by atoms with van der Waals surface area (Å²) in [5.41, 5.74) is 6.62. The fraction of sp³-hybridized carbons (Fsp3) is 0.533. The second-order valence-corrected chi connectivity index (χ2v) is 6.90. The SMILES string of the molecule is CCOC(=O)C1(N)CCC(SCc2ccc(Cl)cc2)C1. The maximum atomic E-state index is 11.9. The highest BCUT2D eigenvalue weighted by Gasteiger charge is 2.43. The molecule has 1 aliphatic rings. The van der Waals surface area contributed by atoms with E-state index in [1.165, 1.54) is 5.56 Å². The first-order chi connectivity index (χ1) is 9.53. The molecule has 2 atom stereocenters. The van der Waals surface area contributed by atoms with Crippen molar-refractivity contribution in [1.82, 2.24) is 0 Å². The number of ether oxygens (including phenoxy) is 1. The largest absolute Gasteiger partial charge is 0.465 e. The number of carbonyl (C=O) groups excluding carboxylic acids is 1. The van der Waals surface area contributed by atoms with Gasteiger partial charge in [-0.3, -0.25) is 4.79 Å². The molecule has 0 aliphatic heterocycles. The Balaban J connectivity index is 1.84. The maximum absolute atomic E-state index is 11.9. The molecule has 20 heavy (non-hydrogen) atoms. The van der Waals surface area contributed by atoms with Gasteiger partial charge in [0.25, 0.3) is 0 Å². The minimum Gasteiger partial charge on any atom is -0.465 e. The van der Waals surface area contributed by atoms with E-state index in [0.29, 0.717) is 24.7 Å². The standard InChI is InChI=1S/C15H20ClNO2S/c1-2-19-14(18)15(17)8-7-13(9-15)20-10-11-3-5-12(16)6-4-11/h3-6,13H,2,7-10,17H2,1H3. The summed E-state index contributed by atoms with van der Waals surface area (Å²) in [4.78, 5) is 11.9. The monoisotopic (exact) mass is 313 g/mol. The van der Waals surface area contributed by atoms with E-state index >= 15 is 0 Å². The summed E-state index contributed by atoms with van der Waals surface area (Å²) in [5.74, 6) is 0.662. The molecule has 1 saturated carbocycles. The quantitative estimate of drug-likeness (QED) is 0.847. The second-order valence-electron chi connectivity index (χ2n) is 5.18. The van der Waals surface area contributed by atoms with Gasteiger partial charge in [-0.2, -0.15) is 11.8 Å². The Labute approximate surface area is 129 Å². The molecule has 1 aromatic carbocycles. The van der Waals surface area contributed by atoms with Crippen LogP contribution in [0.5, 0.6) is 0 Å². The summed E-state index contributed by atoms with van der Waals surface area (Å²) in [6.45, 7) is 2.20. The number of benzene rings is 1. The minimum absolute atomic E-state index is 0.255. The highest BCUT2D eigenvalue weighted by atomic mass is 35.5. The Morgan fingerprint density at radius 2 is 2.20 bits per heavy atom. The Morgan fingerprint density at radius 1 is 1.50 bits per heavy atom. The number of halogens is 1. The molecule has 0 aromatic heterocycles. The van der Waals surface area contributed by atoms with Crippen LogP contribution < -0.4 is 5.73 Å². The Hall–Kier alpha value is -0.710. The van der Waals surface area contributed by atoms with Crippen molar-refractivity contribution in [3.8, 4) is 0 Å². The van der Waals surface area contributed by atoms with Crippen LogP contribution in [0.15, 0.2) is 24.3 Å². The van der Waals surface area contributed by atoms with Crippen LogP contribution in [-0.2, 0) is 15.3 Å². The van der Waals surface area contributed by atoms with E-state index in [1.807, 2.05) is 43.0 Å². The van der Waals surface area contributed by atoms with Crippen molar-refractivity contribution in [2.75, 3.05) is 6.61 Å². The van der Waals surface area contributed by atoms with Crippen molar-refractivity contribution < 1.29 is 9.53 Å². The summed E-state index contributed by atoms with van der Waals surface area (Å²) < 4.78 is 5.07. The number of carbonyl (C=O) groups is 1. The molecule has 0 heterocycles. The first-order valence-corrected chi connectivity index (χ1v) is 8.28. The highest BCUT2D eigenvalue weighted by molar-refractivity contribution is 7.99. The molecule has 0 spiro atoms. The van der Waals surface area contributed by atoms with E-state index in [0.717, 1.165) is 17.2 Å². The van der Waals surface area contributed by atoms with Crippen LogP contribution in [0, 0.1) is 0 Å². The van der Waals surface area contributed by atoms with E-state index in [1.54, 1.807) is 0 Å². The predicted molar refractivity (Wildman–Crippen MR) is 83.9 cm³/mol. The third-order valence-corrected chi connectivity index (χ3v) is 5.21. The lowest BCUT2D eigenvalue weighted by Gasteiger charge is -2.21. The average molecular weight is 314 g/mol. The molecular formula is C15H20ClNO2S. The van der Waals surface area contributed by atoms with Gasteiger partial charge in [-0.15, -0.1) is 0 Å². The molecule has 2 rings (SSSR count). The molecule has 3 nitrogen and oxygen atoms in total. The first kappa shape index (κ1) is 15.7. The second kappa shape index (κ2) is 6.83. The molecule has 2 unspecified atom stereocenters. The smallest absolute Gasteiger partial charge is 0.326 e. The minimum atomic E-state index is -0.784. The topological polar surface area (TPSA) is 52.3 Å². The van der Waals surface area contributed by atoms with E-state index in [-0.39, 0.29) is 5.97 Å². The van der Waals surface area contributed by atoms with Gasteiger partial charge in [0, 0.05) is 16.0 Å². The molecule has 1 fully saturated rings. The van der Waals surface area contributed by atoms with Gasteiger partial charge in [-0.25, -0.2) is 0 Å². The normalized spacial score (nSPS) is 25.6. The van der Waals surface area contributed by atoms with Crippen LogP contribution >= 0.6 is 23.4 Å². The lowest BCUT2D eigenvalue weighted by atomic mass is 10.00. The summed E-state index contributed by atoms with van der Waals surface area (Å²) >= 11 is 7.72. The zero-order valence-electron chi connectivity index (χ0n) is 11.6. The number of hydrogen-bond donors (Lipinski definition) is 1. The van der Waals surface area contributed by atoms with Gasteiger partial charge in [-0.05, 0) is 43.9 Å². The van der Waals surface area contributed by atoms with E-state index in [2.05, 4.69) is 0 Å². The van der Waals surface area contributed by atoms with Gasteiger partial charge in [0.05, 0.1) is 6.61 Å². The molecule has 2 N–H and O–H groups in total. The van der Waals surface area contributed by atoms with Gasteiger partial charge in [0.15, 0.2) is 0 Å². The van der Waals surface area contributed by atoms with Crippen molar-refractivity contribution in [1.29, 1.82) is 0 Å². The van der Waals surface area contributed by atoms with E-state index in [9.17, 15) is 4.79 Å². The van der Waals surface area contributed by atoms with Gasteiger partial charge >= 0.3 is 5.97 Å². The van der Waals surface area contributed by atoms with Crippen LogP contribution in [0.2, 0.25) is 5.02 Å². The fourth-order valence-corrected chi connectivity index (χ4v) is 3.87. The molecular weight excluding hydrogens is 294 g/mol. The molecule has 0 saturated heterocycles. The molecule has 1 aromatic rings. The zero-order valence-corrected chi connectivity index (χ0v) is 13.2. The van der Waals surface area contributed by atoms with Crippen LogP contribution in [0.4, 0.5) is 0 Å². The lowest BCUT2D eigenvalue weighted by molar-refractivity contribution is -0.149. The number of hydrogen-bond acceptors (Lipinski definition) is 4. The van der Waals surface area contributed by atoms with Crippen molar-refractivity contribution in [3.05, 3.63) is 34.9 Å². The number of rotatable bonds is 5. The van der Waals surface area contributed by atoms with Gasteiger partial charge in [0.1, 0.15) is 5.54 Å². The molecule has 0 bridgehead atoms. The first-order valence-electron chi connectivity index (χ1n) is 6.85. The van der Waals surface area contributed by atoms with Crippen LogP contribution in [-0.4, -0.2) is 23.4 Å². The molecule has 1 aliphatic carbocycles. The van der Waals surface area contributed by atoms with Crippen LogP contribution in [0.1, 0.15) is 31.7 Å². The van der Waals surface area contributed by atoms with Crippen LogP contribution in [0.25, 0.3) is 0 Å². The van der Waals surface area contributed by atoms with E-state index in [4.69, 9.17) is 22.1 Å². The van der Waals surface area contributed by atoms with Gasteiger partial charge < -0.3 is 10.5 Å². The Morgan fingerprint density at radius 3 is 2.85 bits per heavy atom. The lowest BCUT2D eigenvalue weighted by Crippen LogP contribution is -2.47. The number of thioether (sulfide) groups is 1. The van der Waals surface area contributed by atoms with Crippen molar-refractivity contribution >= 4 is 29.3 Å². The zero-order chi connectivity index (χ0) is 14.6. The Kier molecular flexibility index (Phi) is 5.35. The van der Waals surface area contributed by atoms with Gasteiger partial charge in [0.2, 0.25) is 0 Å². The number of nitrogens with two attached hydrogens (primary N) is 1. The van der Waals surface area contributed by atoms with E-state index < -0.39 is 5.54 Å². The molecule has 110 valence electrons. The third kappa shape index (κ3) is 3.90. The van der Waals surface area contributed by atoms with Gasteiger partial charge in [-0.1, -0.05) is 23.7 Å². The summed E-state index contributed by atoms with van der Waals surface area (Å²) in [7, 11) is 0. The average Bonchev–Trinajstić information content (AvgIpc) is 2.82. The molecule has 5 heteroatoms. The third-order valence-electron chi connectivity index (χ3n) is 3.59. The molecule has 0 amide bonds. The summed E-state index contributed by atoms with van der Waals surface area (Å²) in [6, 6.07) is 7.87. The van der Waals surface area contributed by atoms with Crippen molar-refractivity contribution in [2.24, 2.45) is 5.73 Å². The molecule has 0 radical (unpaired) electrons. The summed E-state index contributed by atoms with van der Waals surface area (Å²) in [5, 5.41) is 1.17. The van der Waals surface area contributed by atoms with Crippen molar-refractivity contribution in [2.45, 2.75) is 42.7 Å². The maximum Gasteiger partial charge on any atom is 0.326 e. The summed E-state index contributed by atoms with van der Waals surface area (Å²) in [6.07, 6.45) is 2.38. The van der Waals surface area contributed by atoms with Crippen molar-refractivity contribution in [3.63, 3.8) is 0 Å². The fourth-order valence-electron chi connectivity index (χ4n) is 2.43. The highest BCUT2D eigenvalue weighted by Crippen LogP contribution is 2.37. The predicted octanol–water partition coefficient (Wildman–Crippen LogP) is 3.39. The van der Waals surface area contributed by atoms with Crippen LogP contribution in [0.3, 0.4) is 0 Å². The number of esters is 1.